The Hall–Kier alpha value is -2.42. The summed E-state index contributed by atoms with van der Waals surface area (Å²) in [6.45, 7) is 2.16. The molecule has 0 bridgehead atoms. The van der Waals surface area contributed by atoms with Gasteiger partial charge in [0, 0.05) is 16.6 Å². The molecule has 2 aromatic carbocycles. The maximum absolute atomic E-state index is 5.71. The van der Waals surface area contributed by atoms with Gasteiger partial charge in [0.1, 0.15) is 5.82 Å². The van der Waals surface area contributed by atoms with Crippen molar-refractivity contribution < 1.29 is 0 Å². The quantitative estimate of drug-likeness (QED) is 0.615. The highest BCUT2D eigenvalue weighted by Crippen LogP contribution is 2.15. The second kappa shape index (κ2) is 6.66. The Kier molecular flexibility index (Phi) is 4.66. The van der Waals surface area contributed by atoms with Crippen molar-refractivity contribution in [3.8, 4) is 0 Å². The molecule has 1 heterocycles. The van der Waals surface area contributed by atoms with E-state index in [-0.39, 0.29) is 0 Å². The molecule has 104 valence electrons. The number of H-pyrrole nitrogens is 1. The molecule has 0 radical (unpaired) electrons. The molecular weight excluding hydrogens is 246 g/mol. The summed E-state index contributed by atoms with van der Waals surface area (Å²) in [4.78, 5) is 3.04. The molecule has 1 aromatic heterocycles. The Morgan fingerprint density at radius 3 is 2.35 bits per heavy atom. The number of nitrogens with two attached hydrogens (primary N) is 2. The third kappa shape index (κ3) is 3.54. The standard InChI is InChI=1S/C9H13N.C8H8N2/c1-2-5-8-6-3-4-7-9(8)10;9-8-5-6-3-1-2-4-7(6)10-8/h3-4,6-7H,2,5,10H2,1H3;1-5,10H,9H2. The van der Waals surface area contributed by atoms with Crippen LogP contribution in [0.5, 0.6) is 0 Å². The number of benzene rings is 2. The molecule has 0 aliphatic heterocycles. The lowest BCUT2D eigenvalue weighted by Crippen LogP contribution is -1.92. The maximum Gasteiger partial charge on any atom is 0.101 e. The van der Waals surface area contributed by atoms with Crippen LogP contribution in [-0.2, 0) is 6.42 Å². The molecule has 0 aliphatic rings. The number of aromatic amines is 1. The van der Waals surface area contributed by atoms with Crippen LogP contribution in [0.15, 0.2) is 54.6 Å². The van der Waals surface area contributed by atoms with Gasteiger partial charge in [0.25, 0.3) is 0 Å². The summed E-state index contributed by atoms with van der Waals surface area (Å²) in [5, 5.41) is 1.17. The van der Waals surface area contributed by atoms with Crippen LogP contribution >= 0.6 is 0 Å². The van der Waals surface area contributed by atoms with E-state index < -0.39 is 0 Å². The monoisotopic (exact) mass is 267 g/mol. The second-order valence-corrected chi connectivity index (χ2v) is 4.76. The zero-order valence-corrected chi connectivity index (χ0v) is 11.8. The number of rotatable bonds is 2. The van der Waals surface area contributed by atoms with E-state index in [9.17, 15) is 0 Å². The highest BCUT2D eigenvalue weighted by molar-refractivity contribution is 5.83. The number of aromatic nitrogens is 1. The molecule has 3 rings (SSSR count). The van der Waals surface area contributed by atoms with E-state index in [0.717, 1.165) is 29.9 Å². The van der Waals surface area contributed by atoms with Gasteiger partial charge < -0.3 is 16.5 Å². The third-order valence-electron chi connectivity index (χ3n) is 3.13. The van der Waals surface area contributed by atoms with Gasteiger partial charge in [0.2, 0.25) is 0 Å². The van der Waals surface area contributed by atoms with E-state index in [0.29, 0.717) is 0 Å². The summed E-state index contributed by atoms with van der Waals surface area (Å²) < 4.78 is 0. The molecule has 0 saturated heterocycles. The van der Waals surface area contributed by atoms with Crippen molar-refractivity contribution in [2.75, 3.05) is 11.5 Å². The number of hydrogen-bond donors (Lipinski definition) is 3. The lowest BCUT2D eigenvalue weighted by atomic mass is 10.1. The van der Waals surface area contributed by atoms with E-state index >= 15 is 0 Å². The van der Waals surface area contributed by atoms with Gasteiger partial charge in [0.05, 0.1) is 0 Å². The maximum atomic E-state index is 5.71. The van der Waals surface area contributed by atoms with Gasteiger partial charge in [-0.05, 0) is 30.2 Å². The van der Waals surface area contributed by atoms with Crippen molar-refractivity contribution in [2.24, 2.45) is 0 Å². The Bertz CT molecular complexity index is 638. The summed E-state index contributed by atoms with van der Waals surface area (Å²) in [5.74, 6) is 0.723. The lowest BCUT2D eigenvalue weighted by molar-refractivity contribution is 0.924. The van der Waals surface area contributed by atoms with Gasteiger partial charge >= 0.3 is 0 Å². The predicted octanol–water partition coefficient (Wildman–Crippen LogP) is 3.97. The molecule has 0 amide bonds. The van der Waals surface area contributed by atoms with Crippen LogP contribution in [0.3, 0.4) is 0 Å². The Morgan fingerprint density at radius 2 is 1.65 bits per heavy atom. The highest BCUT2D eigenvalue weighted by atomic mass is 14.8. The summed E-state index contributed by atoms with van der Waals surface area (Å²) in [6.07, 6.45) is 2.25. The number of nitrogen functional groups attached to an aromatic ring is 2. The van der Waals surface area contributed by atoms with Crippen molar-refractivity contribution in [2.45, 2.75) is 19.8 Å². The van der Waals surface area contributed by atoms with Crippen LogP contribution in [0.1, 0.15) is 18.9 Å². The van der Waals surface area contributed by atoms with E-state index in [1.165, 1.54) is 10.9 Å². The molecule has 0 spiro atoms. The first-order valence-electron chi connectivity index (χ1n) is 6.87. The van der Waals surface area contributed by atoms with Crippen LogP contribution in [0.2, 0.25) is 0 Å². The molecule has 5 N–H and O–H groups in total. The molecule has 3 aromatic rings. The highest BCUT2D eigenvalue weighted by Gasteiger charge is 1.93. The van der Waals surface area contributed by atoms with Gasteiger partial charge in [-0.15, -0.1) is 0 Å². The first-order chi connectivity index (χ1) is 9.70. The van der Waals surface area contributed by atoms with Crippen molar-refractivity contribution in [1.29, 1.82) is 0 Å². The fourth-order valence-corrected chi connectivity index (χ4v) is 2.13. The van der Waals surface area contributed by atoms with E-state index in [2.05, 4.69) is 18.0 Å². The van der Waals surface area contributed by atoms with E-state index in [1.54, 1.807) is 0 Å². The summed E-state index contributed by atoms with van der Waals surface area (Å²) >= 11 is 0. The van der Waals surface area contributed by atoms with Crippen LogP contribution in [0, 0.1) is 0 Å². The molecule has 0 atom stereocenters. The summed E-state index contributed by atoms with van der Waals surface area (Å²) in [5.41, 5.74) is 14.5. The molecule has 0 saturated carbocycles. The SMILES string of the molecule is CCCc1ccccc1N.Nc1cc2ccccc2[nH]1. The van der Waals surface area contributed by atoms with Crippen molar-refractivity contribution in [1.82, 2.24) is 4.98 Å². The average Bonchev–Trinajstić information content (AvgIpc) is 2.82. The molecule has 0 aliphatic carbocycles. The number of fused-ring (bicyclic) bond motifs is 1. The zero-order valence-electron chi connectivity index (χ0n) is 11.8. The van der Waals surface area contributed by atoms with Crippen LogP contribution < -0.4 is 11.5 Å². The summed E-state index contributed by atoms with van der Waals surface area (Å²) in [7, 11) is 0. The van der Waals surface area contributed by atoms with E-state index in [1.807, 2.05) is 48.5 Å². The molecule has 3 heteroatoms. The number of para-hydroxylation sites is 2. The first kappa shape index (κ1) is 14.0. The zero-order chi connectivity index (χ0) is 14.4. The summed E-state index contributed by atoms with van der Waals surface area (Å²) in [6, 6.07) is 18.0. The Labute approximate surface area is 119 Å². The average molecular weight is 267 g/mol. The molecular formula is C17H21N3. The third-order valence-corrected chi connectivity index (χ3v) is 3.13. The largest absolute Gasteiger partial charge is 0.399 e. The first-order valence-corrected chi connectivity index (χ1v) is 6.87. The molecule has 20 heavy (non-hydrogen) atoms. The lowest BCUT2D eigenvalue weighted by Gasteiger charge is -2.01. The Morgan fingerprint density at radius 1 is 0.950 bits per heavy atom. The minimum absolute atomic E-state index is 0.723. The normalized spacial score (nSPS) is 10.1. The molecule has 3 nitrogen and oxygen atoms in total. The Balaban J connectivity index is 0.000000147. The van der Waals surface area contributed by atoms with Crippen LogP contribution in [0.4, 0.5) is 11.5 Å². The van der Waals surface area contributed by atoms with Gasteiger partial charge in [-0.1, -0.05) is 49.7 Å². The number of hydrogen-bond acceptors (Lipinski definition) is 2. The van der Waals surface area contributed by atoms with Crippen molar-refractivity contribution in [3.05, 3.63) is 60.2 Å². The van der Waals surface area contributed by atoms with Gasteiger partial charge in [-0.2, -0.15) is 0 Å². The van der Waals surface area contributed by atoms with Crippen LogP contribution in [0.25, 0.3) is 10.9 Å². The van der Waals surface area contributed by atoms with Crippen molar-refractivity contribution in [3.63, 3.8) is 0 Å². The van der Waals surface area contributed by atoms with Gasteiger partial charge in [-0.3, -0.25) is 0 Å². The molecule has 0 fully saturated rings. The minimum atomic E-state index is 0.723. The van der Waals surface area contributed by atoms with Gasteiger partial charge in [0.15, 0.2) is 0 Å². The smallest absolute Gasteiger partial charge is 0.101 e. The topological polar surface area (TPSA) is 67.8 Å². The fraction of sp³-hybridized carbons (Fsp3) is 0.176. The van der Waals surface area contributed by atoms with Crippen LogP contribution in [-0.4, -0.2) is 4.98 Å². The van der Waals surface area contributed by atoms with Gasteiger partial charge in [-0.25, -0.2) is 0 Å². The minimum Gasteiger partial charge on any atom is -0.399 e. The fourth-order valence-electron chi connectivity index (χ4n) is 2.13. The number of nitrogens with one attached hydrogen (secondary N) is 1. The predicted molar refractivity (Wildman–Crippen MR) is 87.6 cm³/mol. The molecule has 0 unspecified atom stereocenters. The number of aryl methyl sites for hydroxylation is 1. The number of anilines is 2. The van der Waals surface area contributed by atoms with Crippen molar-refractivity contribution >= 4 is 22.4 Å². The second-order valence-electron chi connectivity index (χ2n) is 4.76. The van der Waals surface area contributed by atoms with E-state index in [4.69, 9.17) is 11.5 Å².